The third-order valence-electron chi connectivity index (χ3n) is 9.14. The molecule has 180 valence electrons. The highest BCUT2D eigenvalue weighted by Crippen LogP contribution is 2.66. The van der Waals surface area contributed by atoms with Crippen molar-refractivity contribution >= 4 is 17.9 Å². The SMILES string of the molecule is CC(=O)O[C@H]1CC[C@]2(C)O[C@@](OC(C)=O)(C1)[C@@H](C)[C@H]1[C@@H]3CC[C@H](OC(C)=O)[C@]3(C)CC[C@@H]12. The molecule has 0 N–H and O–H groups in total. The fourth-order valence-corrected chi connectivity index (χ4v) is 7.87. The van der Waals surface area contributed by atoms with Gasteiger partial charge in [-0.05, 0) is 63.2 Å². The number of hydrogen-bond donors (Lipinski definition) is 0. The Morgan fingerprint density at radius 3 is 2.16 bits per heavy atom. The molecule has 2 saturated carbocycles. The van der Waals surface area contributed by atoms with Crippen molar-refractivity contribution < 1.29 is 33.3 Å². The lowest BCUT2D eigenvalue weighted by Crippen LogP contribution is -2.65. The lowest BCUT2D eigenvalue weighted by molar-refractivity contribution is -0.358. The quantitative estimate of drug-likeness (QED) is 0.471. The van der Waals surface area contributed by atoms with Crippen LogP contribution < -0.4 is 0 Å². The van der Waals surface area contributed by atoms with E-state index in [-0.39, 0.29) is 47.4 Å². The molecule has 0 aromatic carbocycles. The lowest BCUT2D eigenvalue weighted by atomic mass is 9.51. The van der Waals surface area contributed by atoms with Gasteiger partial charge in [-0.25, -0.2) is 0 Å². The zero-order valence-electron chi connectivity index (χ0n) is 20.3. The molecule has 2 saturated heterocycles. The van der Waals surface area contributed by atoms with Gasteiger partial charge in [0.05, 0.1) is 12.0 Å². The number of rotatable bonds is 3. The van der Waals surface area contributed by atoms with Crippen LogP contribution in [0.15, 0.2) is 0 Å². The number of fused-ring (bicyclic) bond motifs is 6. The average molecular weight is 451 g/mol. The summed E-state index contributed by atoms with van der Waals surface area (Å²) in [5.41, 5.74) is -0.562. The van der Waals surface area contributed by atoms with Gasteiger partial charge in [-0.3, -0.25) is 14.4 Å². The van der Waals surface area contributed by atoms with Crippen molar-refractivity contribution in [3.05, 3.63) is 0 Å². The Morgan fingerprint density at radius 1 is 0.844 bits per heavy atom. The van der Waals surface area contributed by atoms with Gasteiger partial charge in [0.2, 0.25) is 5.79 Å². The van der Waals surface area contributed by atoms with E-state index >= 15 is 0 Å². The standard InChI is InChI=1S/C25H38O7/c1-14-22-19-7-8-21(30-16(3)27)23(19,5)11-10-20(22)24(6)12-9-18(29-15(2)26)13-25(14,32-24)31-17(4)28/h14,18-22H,7-13H2,1-6H3/t14-,18-,19-,20-,21-,22-,23+,24-,25-/m0/s1. The lowest BCUT2D eigenvalue weighted by Gasteiger charge is -2.62. The normalized spacial score (nSPS) is 47.4. The minimum atomic E-state index is -1.13. The second-order valence-electron chi connectivity index (χ2n) is 11.1. The van der Waals surface area contributed by atoms with Crippen molar-refractivity contribution in [2.45, 2.75) is 110 Å². The van der Waals surface area contributed by atoms with Gasteiger partial charge in [0.25, 0.3) is 0 Å². The van der Waals surface area contributed by atoms with Gasteiger partial charge in [0.15, 0.2) is 0 Å². The van der Waals surface area contributed by atoms with Crippen LogP contribution in [-0.2, 0) is 33.3 Å². The molecule has 0 amide bonds. The Hall–Kier alpha value is -1.63. The molecule has 2 heterocycles. The summed E-state index contributed by atoms with van der Waals surface area (Å²) in [5, 5.41) is 0. The van der Waals surface area contributed by atoms with Crippen LogP contribution in [0.4, 0.5) is 0 Å². The molecule has 0 aromatic heterocycles. The molecular weight excluding hydrogens is 412 g/mol. The molecule has 2 aliphatic heterocycles. The van der Waals surface area contributed by atoms with Crippen LogP contribution in [-0.4, -0.2) is 41.5 Å². The fraction of sp³-hybridized carbons (Fsp3) is 0.880. The van der Waals surface area contributed by atoms with Crippen LogP contribution in [0.25, 0.3) is 0 Å². The first-order valence-corrected chi connectivity index (χ1v) is 12.1. The summed E-state index contributed by atoms with van der Waals surface area (Å²) in [4.78, 5) is 35.8. The van der Waals surface area contributed by atoms with Crippen molar-refractivity contribution in [1.82, 2.24) is 0 Å². The molecule has 7 heteroatoms. The van der Waals surface area contributed by atoms with E-state index in [0.29, 0.717) is 24.7 Å². The van der Waals surface area contributed by atoms with E-state index < -0.39 is 11.4 Å². The van der Waals surface area contributed by atoms with Crippen LogP contribution in [0.3, 0.4) is 0 Å². The Morgan fingerprint density at radius 2 is 1.53 bits per heavy atom. The molecular formula is C25H38O7. The Bertz CT molecular complexity index is 795. The second-order valence-corrected chi connectivity index (χ2v) is 11.1. The van der Waals surface area contributed by atoms with Crippen LogP contribution in [0.5, 0.6) is 0 Å². The van der Waals surface area contributed by atoms with Gasteiger partial charge in [0, 0.05) is 32.1 Å². The molecule has 0 spiro atoms. The number of carbonyl (C=O) groups excluding carboxylic acids is 3. The zero-order chi connectivity index (χ0) is 23.5. The summed E-state index contributed by atoms with van der Waals surface area (Å²) in [7, 11) is 0. The van der Waals surface area contributed by atoms with E-state index in [0.717, 1.165) is 32.1 Å². The molecule has 0 unspecified atom stereocenters. The molecule has 2 bridgehead atoms. The van der Waals surface area contributed by atoms with Gasteiger partial charge in [-0.2, -0.15) is 0 Å². The molecule has 9 atom stereocenters. The monoisotopic (exact) mass is 450 g/mol. The van der Waals surface area contributed by atoms with E-state index in [1.807, 2.05) is 0 Å². The smallest absolute Gasteiger partial charge is 0.305 e. The number of hydrogen-bond acceptors (Lipinski definition) is 7. The average Bonchev–Trinajstić information content (AvgIpc) is 2.92. The topological polar surface area (TPSA) is 88.1 Å². The summed E-state index contributed by atoms with van der Waals surface area (Å²) in [6, 6.07) is 0. The molecule has 2 aliphatic carbocycles. The minimum absolute atomic E-state index is 0.0682. The predicted octanol–water partition coefficient (Wildman–Crippen LogP) is 4.16. The van der Waals surface area contributed by atoms with E-state index in [9.17, 15) is 14.4 Å². The third kappa shape index (κ3) is 3.74. The molecule has 4 aliphatic rings. The van der Waals surface area contributed by atoms with Crippen molar-refractivity contribution in [3.63, 3.8) is 0 Å². The summed E-state index contributed by atoms with van der Waals surface area (Å²) in [6.45, 7) is 10.9. The summed E-state index contributed by atoms with van der Waals surface area (Å²) >= 11 is 0. The second kappa shape index (κ2) is 8.00. The fourth-order valence-electron chi connectivity index (χ4n) is 7.87. The Labute approximate surface area is 190 Å². The number of carbonyl (C=O) groups is 3. The molecule has 4 rings (SSSR count). The summed E-state index contributed by atoms with van der Waals surface area (Å²) in [5.74, 6) is -1.20. The highest BCUT2D eigenvalue weighted by atomic mass is 16.7. The first kappa shape index (κ1) is 23.5. The van der Waals surface area contributed by atoms with Crippen molar-refractivity contribution in [3.8, 4) is 0 Å². The first-order chi connectivity index (χ1) is 14.9. The first-order valence-electron chi connectivity index (χ1n) is 12.1. The molecule has 4 fully saturated rings. The molecule has 0 radical (unpaired) electrons. The Balaban J connectivity index is 1.74. The van der Waals surface area contributed by atoms with E-state index in [1.165, 1.54) is 20.8 Å². The van der Waals surface area contributed by atoms with Crippen molar-refractivity contribution in [2.24, 2.45) is 29.1 Å². The van der Waals surface area contributed by atoms with Gasteiger partial charge in [0.1, 0.15) is 12.2 Å². The predicted molar refractivity (Wildman–Crippen MR) is 115 cm³/mol. The zero-order valence-corrected chi connectivity index (χ0v) is 20.3. The van der Waals surface area contributed by atoms with Gasteiger partial charge >= 0.3 is 17.9 Å². The third-order valence-corrected chi connectivity index (χ3v) is 9.14. The van der Waals surface area contributed by atoms with Gasteiger partial charge in [-0.15, -0.1) is 0 Å². The van der Waals surface area contributed by atoms with Crippen molar-refractivity contribution in [1.29, 1.82) is 0 Å². The highest BCUT2D eigenvalue weighted by Gasteiger charge is 2.67. The summed E-state index contributed by atoms with van der Waals surface area (Å²) in [6.07, 6.45) is 5.18. The van der Waals surface area contributed by atoms with E-state index in [1.54, 1.807) is 0 Å². The summed E-state index contributed by atoms with van der Waals surface area (Å²) < 4.78 is 24.2. The Kier molecular flexibility index (Phi) is 5.88. The maximum Gasteiger partial charge on any atom is 0.305 e. The van der Waals surface area contributed by atoms with Crippen LogP contribution in [0.2, 0.25) is 0 Å². The number of ether oxygens (including phenoxy) is 4. The number of esters is 3. The minimum Gasteiger partial charge on any atom is -0.462 e. The molecule has 32 heavy (non-hydrogen) atoms. The van der Waals surface area contributed by atoms with E-state index in [2.05, 4.69) is 20.8 Å². The maximum atomic E-state index is 12.3. The largest absolute Gasteiger partial charge is 0.462 e. The van der Waals surface area contributed by atoms with Crippen LogP contribution in [0, 0.1) is 29.1 Å². The van der Waals surface area contributed by atoms with Gasteiger partial charge in [-0.1, -0.05) is 13.8 Å². The highest BCUT2D eigenvalue weighted by molar-refractivity contribution is 5.67. The molecule has 7 nitrogen and oxygen atoms in total. The van der Waals surface area contributed by atoms with Crippen LogP contribution >= 0.6 is 0 Å². The van der Waals surface area contributed by atoms with Gasteiger partial charge < -0.3 is 18.9 Å². The van der Waals surface area contributed by atoms with E-state index in [4.69, 9.17) is 18.9 Å². The van der Waals surface area contributed by atoms with Crippen molar-refractivity contribution in [2.75, 3.05) is 0 Å². The molecule has 0 aromatic rings. The van der Waals surface area contributed by atoms with Crippen LogP contribution in [0.1, 0.15) is 86.5 Å². The maximum absolute atomic E-state index is 12.3.